The zero-order valence-electron chi connectivity index (χ0n) is 9.77. The van der Waals surface area contributed by atoms with Crippen LogP contribution in [-0.2, 0) is 4.74 Å². The van der Waals surface area contributed by atoms with E-state index in [0.717, 1.165) is 0 Å². The molecule has 1 aliphatic rings. The lowest BCUT2D eigenvalue weighted by Crippen LogP contribution is -2.19. The van der Waals surface area contributed by atoms with Gasteiger partial charge in [0.15, 0.2) is 0 Å². The summed E-state index contributed by atoms with van der Waals surface area (Å²) in [5.41, 5.74) is 1.39. The molecule has 19 heavy (non-hydrogen) atoms. The summed E-state index contributed by atoms with van der Waals surface area (Å²) in [6, 6.07) is 8.38. The van der Waals surface area contributed by atoms with Crippen LogP contribution in [0, 0.1) is 11.8 Å². The molecular weight excluding hydrogens is 244 g/mol. The van der Waals surface area contributed by atoms with Crippen molar-refractivity contribution in [2.24, 2.45) is 0 Å². The summed E-state index contributed by atoms with van der Waals surface area (Å²) in [6.07, 6.45) is 0. The first-order chi connectivity index (χ1) is 9.22. The van der Waals surface area contributed by atoms with Crippen LogP contribution in [0.15, 0.2) is 30.3 Å². The molecule has 0 fully saturated rings. The van der Waals surface area contributed by atoms with E-state index in [1.165, 1.54) is 0 Å². The van der Waals surface area contributed by atoms with Crippen LogP contribution in [0.25, 0.3) is 10.8 Å². The van der Waals surface area contributed by atoms with Gasteiger partial charge < -0.3 is 9.84 Å². The van der Waals surface area contributed by atoms with Crippen molar-refractivity contribution in [2.45, 2.75) is 0 Å². The molecule has 0 atom stereocenters. The van der Waals surface area contributed by atoms with E-state index in [-0.39, 0.29) is 6.61 Å². The van der Waals surface area contributed by atoms with Gasteiger partial charge in [0.2, 0.25) is 0 Å². The maximum atomic E-state index is 11.7. The summed E-state index contributed by atoms with van der Waals surface area (Å²) in [5, 5.41) is 10.0. The molecule has 0 amide bonds. The van der Waals surface area contributed by atoms with Crippen LogP contribution in [-0.4, -0.2) is 23.7 Å². The van der Waals surface area contributed by atoms with E-state index in [1.54, 1.807) is 30.3 Å². The van der Waals surface area contributed by atoms with E-state index < -0.39 is 11.9 Å². The van der Waals surface area contributed by atoms with Crippen molar-refractivity contribution in [3.05, 3.63) is 47.0 Å². The number of benzene rings is 2. The average molecular weight is 252 g/mol. The van der Waals surface area contributed by atoms with Gasteiger partial charge in [0.1, 0.15) is 6.61 Å². The highest BCUT2D eigenvalue weighted by Gasteiger charge is 2.27. The Morgan fingerprint density at radius 3 is 2.53 bits per heavy atom. The lowest BCUT2D eigenvalue weighted by Gasteiger charge is -2.15. The fourth-order valence-electron chi connectivity index (χ4n) is 2.18. The predicted molar refractivity (Wildman–Crippen MR) is 67.7 cm³/mol. The minimum absolute atomic E-state index is 0.246. The Labute approximate surface area is 108 Å². The number of carbonyl (C=O) groups is 2. The maximum Gasteiger partial charge on any atom is 0.346 e. The van der Waals surface area contributed by atoms with Crippen molar-refractivity contribution in [3.8, 4) is 11.8 Å². The zero-order chi connectivity index (χ0) is 13.4. The number of carbonyl (C=O) groups excluding carboxylic acids is 2. The number of aliphatic hydroxyl groups is 1. The second-order valence-electron chi connectivity index (χ2n) is 4.03. The highest BCUT2D eigenvalue weighted by Crippen LogP contribution is 2.30. The van der Waals surface area contributed by atoms with Crippen LogP contribution in [0.4, 0.5) is 0 Å². The molecule has 4 heteroatoms. The molecule has 1 N–H and O–H groups in total. The van der Waals surface area contributed by atoms with Crippen LogP contribution in [0.2, 0.25) is 0 Å². The Hall–Kier alpha value is -2.64. The van der Waals surface area contributed by atoms with E-state index in [0.29, 0.717) is 27.5 Å². The first-order valence-corrected chi connectivity index (χ1v) is 5.64. The summed E-state index contributed by atoms with van der Waals surface area (Å²) >= 11 is 0. The van der Waals surface area contributed by atoms with Gasteiger partial charge in [0.05, 0.1) is 11.1 Å². The number of cyclic esters (lactones) is 2. The van der Waals surface area contributed by atoms with Crippen molar-refractivity contribution in [1.82, 2.24) is 0 Å². The summed E-state index contributed by atoms with van der Waals surface area (Å²) in [6.45, 7) is -0.246. The topological polar surface area (TPSA) is 63.6 Å². The van der Waals surface area contributed by atoms with Crippen molar-refractivity contribution in [3.63, 3.8) is 0 Å². The lowest BCUT2D eigenvalue weighted by molar-refractivity contribution is 0.0391. The lowest BCUT2D eigenvalue weighted by atomic mass is 9.94. The van der Waals surface area contributed by atoms with Crippen molar-refractivity contribution < 1.29 is 19.4 Å². The van der Waals surface area contributed by atoms with Crippen LogP contribution in [0.3, 0.4) is 0 Å². The predicted octanol–water partition coefficient (Wildman–Crippen LogP) is 1.49. The van der Waals surface area contributed by atoms with Gasteiger partial charge >= 0.3 is 11.9 Å². The molecular formula is C15H8O4. The SMILES string of the molecule is O=C1OC(=O)c2ccc(C#CCO)c3cccc1c23. The molecule has 4 nitrogen and oxygen atoms in total. The molecule has 3 rings (SSSR count). The van der Waals surface area contributed by atoms with E-state index >= 15 is 0 Å². The van der Waals surface area contributed by atoms with Gasteiger partial charge in [-0.15, -0.1) is 0 Å². The molecule has 2 aromatic rings. The van der Waals surface area contributed by atoms with Gasteiger partial charge in [0, 0.05) is 10.9 Å². The third-order valence-electron chi connectivity index (χ3n) is 2.97. The molecule has 0 saturated carbocycles. The molecule has 0 unspecified atom stereocenters. The molecule has 92 valence electrons. The normalized spacial score (nSPS) is 12.9. The quantitative estimate of drug-likeness (QED) is 0.438. The first-order valence-electron chi connectivity index (χ1n) is 5.64. The van der Waals surface area contributed by atoms with Crippen molar-refractivity contribution in [1.29, 1.82) is 0 Å². The van der Waals surface area contributed by atoms with Crippen LogP contribution >= 0.6 is 0 Å². The summed E-state index contributed by atoms with van der Waals surface area (Å²) < 4.78 is 4.67. The summed E-state index contributed by atoms with van der Waals surface area (Å²) in [7, 11) is 0. The number of aliphatic hydroxyl groups excluding tert-OH is 1. The molecule has 0 saturated heterocycles. The second kappa shape index (κ2) is 4.23. The van der Waals surface area contributed by atoms with Gasteiger partial charge in [-0.05, 0) is 23.6 Å². The van der Waals surface area contributed by atoms with Crippen molar-refractivity contribution in [2.75, 3.05) is 6.61 Å². The fraction of sp³-hybridized carbons (Fsp3) is 0.0667. The van der Waals surface area contributed by atoms with Gasteiger partial charge in [-0.2, -0.15) is 0 Å². The summed E-state index contributed by atoms with van der Waals surface area (Å²) in [5.74, 6) is 4.08. The smallest absolute Gasteiger partial charge is 0.346 e. The van der Waals surface area contributed by atoms with E-state index in [2.05, 4.69) is 16.6 Å². The molecule has 2 aromatic carbocycles. The Balaban J connectivity index is 2.42. The van der Waals surface area contributed by atoms with Crippen LogP contribution < -0.4 is 0 Å². The Bertz CT molecular complexity index is 758. The highest BCUT2D eigenvalue weighted by atomic mass is 16.6. The molecule has 1 aliphatic heterocycles. The van der Waals surface area contributed by atoms with Crippen molar-refractivity contribution >= 4 is 22.7 Å². The number of rotatable bonds is 0. The van der Waals surface area contributed by atoms with Crippen LogP contribution in [0.1, 0.15) is 26.3 Å². The second-order valence-corrected chi connectivity index (χ2v) is 4.03. The zero-order valence-corrected chi connectivity index (χ0v) is 9.77. The molecule has 0 bridgehead atoms. The standard InChI is InChI=1S/C15H8O4/c16-8-2-3-9-6-7-12-13-10(9)4-1-5-11(13)14(17)19-15(12)18/h1,4-7,16H,8H2. The van der Waals surface area contributed by atoms with Gasteiger partial charge in [-0.3, -0.25) is 0 Å². The van der Waals surface area contributed by atoms with Gasteiger partial charge in [-0.25, -0.2) is 9.59 Å². The minimum Gasteiger partial charge on any atom is -0.386 e. The van der Waals surface area contributed by atoms with Gasteiger partial charge in [0.25, 0.3) is 0 Å². The number of esters is 2. The summed E-state index contributed by atoms with van der Waals surface area (Å²) in [4.78, 5) is 23.4. The fourth-order valence-corrected chi connectivity index (χ4v) is 2.18. The van der Waals surface area contributed by atoms with E-state index in [1.807, 2.05) is 0 Å². The minimum atomic E-state index is -0.643. The van der Waals surface area contributed by atoms with Crippen LogP contribution in [0.5, 0.6) is 0 Å². The Morgan fingerprint density at radius 2 is 1.79 bits per heavy atom. The molecule has 0 spiro atoms. The molecule has 0 aliphatic carbocycles. The Morgan fingerprint density at radius 1 is 1.05 bits per heavy atom. The average Bonchev–Trinajstić information content (AvgIpc) is 2.42. The Kier molecular flexibility index (Phi) is 2.55. The molecule has 0 radical (unpaired) electrons. The first kappa shape index (κ1) is 11.5. The molecule has 1 heterocycles. The number of ether oxygens (including phenoxy) is 1. The third kappa shape index (κ3) is 1.68. The van der Waals surface area contributed by atoms with Gasteiger partial charge in [-0.1, -0.05) is 24.0 Å². The van der Waals surface area contributed by atoms with E-state index in [4.69, 9.17) is 5.11 Å². The highest BCUT2D eigenvalue weighted by molar-refractivity contribution is 6.21. The number of hydrogen-bond acceptors (Lipinski definition) is 4. The molecule has 0 aromatic heterocycles. The largest absolute Gasteiger partial charge is 0.386 e. The maximum absolute atomic E-state index is 11.7. The number of hydrogen-bond donors (Lipinski definition) is 1. The van der Waals surface area contributed by atoms with E-state index in [9.17, 15) is 9.59 Å². The monoisotopic (exact) mass is 252 g/mol. The third-order valence-corrected chi connectivity index (χ3v) is 2.97.